The highest BCUT2D eigenvalue weighted by molar-refractivity contribution is 5.67. The molecule has 0 aliphatic rings. The lowest BCUT2D eigenvalue weighted by Crippen LogP contribution is -1.92. The molecule has 5 nitrogen and oxygen atoms in total. The molecule has 0 radical (unpaired) electrons. The van der Waals surface area contributed by atoms with Gasteiger partial charge >= 0.3 is 0 Å². The minimum absolute atomic E-state index is 0.0330. The Morgan fingerprint density at radius 1 is 1.36 bits per heavy atom. The molecule has 0 aliphatic heterocycles. The van der Waals surface area contributed by atoms with E-state index in [0.29, 0.717) is 5.75 Å². The van der Waals surface area contributed by atoms with Gasteiger partial charge in [-0.2, -0.15) is 5.26 Å². The summed E-state index contributed by atoms with van der Waals surface area (Å²) < 4.78 is 9.88. The van der Waals surface area contributed by atoms with Gasteiger partial charge in [0.2, 0.25) is 0 Å². The normalized spacial score (nSPS) is 8.93. The number of methoxy groups -OCH3 is 2. The Labute approximate surface area is 80.8 Å². The Bertz CT molecular complexity index is 396. The summed E-state index contributed by atoms with van der Waals surface area (Å²) >= 11 is 0. The minimum Gasteiger partial charge on any atom is -0.493 e. The number of hydrogen-bond acceptors (Lipinski definition) is 5. The van der Waals surface area contributed by atoms with Crippen molar-refractivity contribution in [1.82, 2.24) is 0 Å². The van der Waals surface area contributed by atoms with E-state index in [-0.39, 0.29) is 17.0 Å². The van der Waals surface area contributed by atoms with E-state index in [1.165, 1.54) is 20.3 Å². The average Bonchev–Trinajstić information content (AvgIpc) is 2.26. The summed E-state index contributed by atoms with van der Waals surface area (Å²) in [6.45, 7) is 0. The van der Waals surface area contributed by atoms with Crippen molar-refractivity contribution in [2.75, 3.05) is 14.2 Å². The van der Waals surface area contributed by atoms with Gasteiger partial charge in [0.15, 0.2) is 17.2 Å². The third kappa shape index (κ3) is 1.50. The van der Waals surface area contributed by atoms with Crippen LogP contribution in [-0.2, 0) is 0 Å². The average molecular weight is 192 g/mol. The fourth-order valence-electron chi connectivity index (χ4n) is 1.09. The van der Waals surface area contributed by atoms with Crippen LogP contribution in [0.15, 0.2) is 17.3 Å². The molecule has 1 aromatic rings. The van der Waals surface area contributed by atoms with Gasteiger partial charge in [-0.1, -0.05) is 0 Å². The van der Waals surface area contributed by atoms with E-state index in [0.717, 1.165) is 0 Å². The zero-order chi connectivity index (χ0) is 10.6. The maximum atomic E-state index is 10.5. The molecule has 0 fully saturated rings. The molecule has 0 N–H and O–H groups in total. The summed E-state index contributed by atoms with van der Waals surface area (Å²) in [7, 11) is 2.83. The molecular weight excluding hydrogens is 184 g/mol. The van der Waals surface area contributed by atoms with Crippen LogP contribution in [0.5, 0.6) is 11.5 Å². The topological polar surface area (TPSA) is 71.7 Å². The third-order valence-electron chi connectivity index (χ3n) is 1.73. The minimum atomic E-state index is -0.0330. The Morgan fingerprint density at radius 2 is 2.07 bits per heavy atom. The van der Waals surface area contributed by atoms with Crippen LogP contribution in [0.3, 0.4) is 0 Å². The third-order valence-corrected chi connectivity index (χ3v) is 1.73. The number of nitrogens with zero attached hydrogens (tertiary/aromatic N) is 2. The SMILES string of the molecule is COc1ccc(C#N)c(N=O)c1OC. The van der Waals surface area contributed by atoms with Crippen molar-refractivity contribution in [2.24, 2.45) is 5.18 Å². The molecule has 1 rings (SSSR count). The molecule has 0 heterocycles. The summed E-state index contributed by atoms with van der Waals surface area (Å²) in [5, 5.41) is 11.4. The van der Waals surface area contributed by atoms with Crippen molar-refractivity contribution in [3.8, 4) is 17.6 Å². The Hall–Kier alpha value is -2.09. The quantitative estimate of drug-likeness (QED) is 0.686. The van der Waals surface area contributed by atoms with Crippen LogP contribution in [-0.4, -0.2) is 14.2 Å². The summed E-state index contributed by atoms with van der Waals surface area (Å²) in [6.07, 6.45) is 0. The molecule has 72 valence electrons. The molecule has 14 heavy (non-hydrogen) atoms. The highest BCUT2D eigenvalue weighted by Gasteiger charge is 2.15. The van der Waals surface area contributed by atoms with Gasteiger partial charge in [-0.15, -0.1) is 4.91 Å². The first-order chi connectivity index (χ1) is 6.78. The van der Waals surface area contributed by atoms with Gasteiger partial charge in [-0.25, -0.2) is 0 Å². The number of rotatable bonds is 3. The molecular formula is C9H8N2O3. The number of nitriles is 1. The zero-order valence-electron chi connectivity index (χ0n) is 7.77. The van der Waals surface area contributed by atoms with Crippen LogP contribution in [0.4, 0.5) is 5.69 Å². The van der Waals surface area contributed by atoms with Crippen LogP contribution in [0.2, 0.25) is 0 Å². The Morgan fingerprint density at radius 3 is 2.50 bits per heavy atom. The molecule has 0 spiro atoms. The Kier molecular flexibility index (Phi) is 3.02. The first-order valence-corrected chi connectivity index (χ1v) is 3.77. The molecule has 0 bridgehead atoms. The second-order valence-electron chi connectivity index (χ2n) is 2.40. The van der Waals surface area contributed by atoms with Gasteiger partial charge in [-0.05, 0) is 17.3 Å². The van der Waals surface area contributed by atoms with Gasteiger partial charge in [-0.3, -0.25) is 0 Å². The van der Waals surface area contributed by atoms with Gasteiger partial charge in [0.1, 0.15) is 6.07 Å². The molecule has 0 saturated carbocycles. The van der Waals surface area contributed by atoms with E-state index >= 15 is 0 Å². The first kappa shape index (κ1) is 9.99. The van der Waals surface area contributed by atoms with E-state index in [2.05, 4.69) is 5.18 Å². The van der Waals surface area contributed by atoms with Gasteiger partial charge in [0, 0.05) is 0 Å². The number of hydrogen-bond donors (Lipinski definition) is 0. The lowest BCUT2D eigenvalue weighted by atomic mass is 10.1. The standard InChI is InChI=1S/C9H8N2O3/c1-13-7-4-3-6(5-10)8(11-12)9(7)14-2/h3-4H,1-2H3. The molecule has 5 heteroatoms. The van der Waals surface area contributed by atoms with Crippen LogP contribution >= 0.6 is 0 Å². The van der Waals surface area contributed by atoms with E-state index < -0.39 is 0 Å². The lowest BCUT2D eigenvalue weighted by molar-refractivity contribution is 0.356. The first-order valence-electron chi connectivity index (χ1n) is 3.77. The lowest BCUT2D eigenvalue weighted by Gasteiger charge is -2.08. The number of ether oxygens (including phenoxy) is 2. The highest BCUT2D eigenvalue weighted by atomic mass is 16.5. The predicted molar refractivity (Wildman–Crippen MR) is 49.7 cm³/mol. The molecule has 0 saturated heterocycles. The summed E-state index contributed by atoms with van der Waals surface area (Å²) in [6, 6.07) is 4.85. The van der Waals surface area contributed by atoms with Crippen LogP contribution in [0, 0.1) is 16.2 Å². The molecule has 1 aromatic carbocycles. The maximum absolute atomic E-state index is 10.5. The molecule has 0 unspecified atom stereocenters. The predicted octanol–water partition coefficient (Wildman–Crippen LogP) is 1.97. The Balaban J connectivity index is 3.45. The summed E-state index contributed by atoms with van der Waals surface area (Å²) in [5.74, 6) is 0.558. The fraction of sp³-hybridized carbons (Fsp3) is 0.222. The van der Waals surface area contributed by atoms with Gasteiger partial charge < -0.3 is 9.47 Å². The largest absolute Gasteiger partial charge is 0.493 e. The van der Waals surface area contributed by atoms with Crippen molar-refractivity contribution >= 4 is 5.69 Å². The van der Waals surface area contributed by atoms with Crippen molar-refractivity contribution in [1.29, 1.82) is 5.26 Å². The maximum Gasteiger partial charge on any atom is 0.191 e. The van der Waals surface area contributed by atoms with Gasteiger partial charge in [0.25, 0.3) is 0 Å². The van der Waals surface area contributed by atoms with Crippen molar-refractivity contribution < 1.29 is 9.47 Å². The molecule has 0 atom stereocenters. The number of benzene rings is 1. The van der Waals surface area contributed by atoms with Crippen LogP contribution in [0.25, 0.3) is 0 Å². The van der Waals surface area contributed by atoms with E-state index in [1.807, 2.05) is 6.07 Å². The fourth-order valence-corrected chi connectivity index (χ4v) is 1.09. The van der Waals surface area contributed by atoms with Crippen molar-refractivity contribution in [3.63, 3.8) is 0 Å². The monoisotopic (exact) mass is 192 g/mol. The summed E-state index contributed by atoms with van der Waals surface area (Å²) in [4.78, 5) is 10.5. The van der Waals surface area contributed by atoms with Crippen molar-refractivity contribution in [2.45, 2.75) is 0 Å². The highest BCUT2D eigenvalue weighted by Crippen LogP contribution is 2.39. The van der Waals surface area contributed by atoms with Gasteiger partial charge in [0.05, 0.1) is 19.8 Å². The van der Waals surface area contributed by atoms with Crippen LogP contribution in [0.1, 0.15) is 5.56 Å². The van der Waals surface area contributed by atoms with Crippen LogP contribution < -0.4 is 9.47 Å². The molecule has 0 aromatic heterocycles. The number of nitroso groups, excluding NO2 is 1. The van der Waals surface area contributed by atoms with E-state index in [4.69, 9.17) is 14.7 Å². The smallest absolute Gasteiger partial charge is 0.191 e. The van der Waals surface area contributed by atoms with E-state index in [9.17, 15) is 4.91 Å². The zero-order valence-corrected chi connectivity index (χ0v) is 7.77. The van der Waals surface area contributed by atoms with E-state index in [1.54, 1.807) is 6.07 Å². The second kappa shape index (κ2) is 4.23. The molecule has 0 aliphatic carbocycles. The second-order valence-corrected chi connectivity index (χ2v) is 2.40. The van der Waals surface area contributed by atoms with Crippen molar-refractivity contribution in [3.05, 3.63) is 22.6 Å². The summed E-state index contributed by atoms with van der Waals surface area (Å²) in [5.41, 5.74) is 0.131. The molecule has 0 amide bonds.